The Labute approximate surface area is 212 Å². The quantitative estimate of drug-likeness (QED) is 0.410. The lowest BCUT2D eigenvalue weighted by Crippen LogP contribution is -2.34. The number of aromatic nitrogens is 1. The lowest BCUT2D eigenvalue weighted by Gasteiger charge is -2.28. The van der Waals surface area contributed by atoms with Gasteiger partial charge in [-0.25, -0.2) is 9.40 Å². The van der Waals surface area contributed by atoms with Crippen LogP contribution in [0, 0.1) is 0 Å². The molecule has 10 heteroatoms. The van der Waals surface area contributed by atoms with Crippen molar-refractivity contribution in [2.45, 2.75) is 25.1 Å². The number of methoxy groups -OCH3 is 1. The van der Waals surface area contributed by atoms with Crippen molar-refractivity contribution in [3.8, 4) is 11.5 Å². The number of halogens is 1. The number of alkyl halides is 1. The van der Waals surface area contributed by atoms with Crippen LogP contribution in [-0.4, -0.2) is 46.1 Å². The van der Waals surface area contributed by atoms with Crippen LogP contribution in [-0.2, 0) is 6.54 Å². The first-order valence-corrected chi connectivity index (χ1v) is 12.2. The maximum Gasteiger partial charge on any atom is 0.302 e. The zero-order valence-electron chi connectivity index (χ0n) is 19.8. The molecule has 2 aromatic carbocycles. The van der Waals surface area contributed by atoms with Crippen LogP contribution in [0.1, 0.15) is 35.0 Å². The van der Waals surface area contributed by atoms with Gasteiger partial charge in [0.25, 0.3) is 5.91 Å². The van der Waals surface area contributed by atoms with Gasteiger partial charge < -0.3 is 14.8 Å². The predicted octanol–water partition coefficient (Wildman–Crippen LogP) is 5.50. The number of thioether (sulfide) groups is 1. The van der Waals surface area contributed by atoms with Crippen molar-refractivity contribution < 1.29 is 23.5 Å². The van der Waals surface area contributed by atoms with Crippen LogP contribution in [0.4, 0.5) is 14.9 Å². The number of anilines is 1. The number of rotatable bonds is 9. The fraction of sp³-hybridized carbons (Fsp3) is 0.231. The first-order chi connectivity index (χ1) is 17.5. The Kier molecular flexibility index (Phi) is 8.17. The minimum atomic E-state index is -0.960. The number of carbonyl (C=O) groups is 2. The molecule has 0 saturated heterocycles. The predicted molar refractivity (Wildman–Crippen MR) is 137 cm³/mol. The van der Waals surface area contributed by atoms with E-state index in [1.54, 1.807) is 54.7 Å². The molecule has 1 N–H and O–H groups in total. The molecule has 0 radical (unpaired) electrons. The van der Waals surface area contributed by atoms with Crippen LogP contribution in [0.25, 0.3) is 0 Å². The summed E-state index contributed by atoms with van der Waals surface area (Å²) < 4.78 is 23.0. The van der Waals surface area contributed by atoms with Gasteiger partial charge in [-0.2, -0.15) is 5.10 Å². The number of hydrogen-bond acceptors (Lipinski definition) is 7. The zero-order valence-corrected chi connectivity index (χ0v) is 20.6. The maximum atomic E-state index is 12.8. The second-order valence-electron chi connectivity index (χ2n) is 7.81. The Morgan fingerprint density at radius 1 is 1.14 bits per heavy atom. The van der Waals surface area contributed by atoms with Crippen molar-refractivity contribution in [2.24, 2.45) is 5.10 Å². The molecule has 8 nitrogen and oxygen atoms in total. The number of ether oxygens (including phenoxy) is 2. The van der Waals surface area contributed by atoms with Gasteiger partial charge in [0.05, 0.1) is 24.6 Å². The fourth-order valence-electron chi connectivity index (χ4n) is 3.66. The Morgan fingerprint density at radius 2 is 1.94 bits per heavy atom. The molecule has 4 rings (SSSR count). The first-order valence-electron chi connectivity index (χ1n) is 11.3. The summed E-state index contributed by atoms with van der Waals surface area (Å²) >= 11 is 1.21. The van der Waals surface area contributed by atoms with E-state index in [-0.39, 0.29) is 22.9 Å². The number of hydrogen-bond donors (Lipinski definition) is 1. The second-order valence-corrected chi connectivity index (χ2v) is 8.96. The molecular weight excluding hydrogens is 483 g/mol. The van der Waals surface area contributed by atoms with Gasteiger partial charge in [-0.1, -0.05) is 36.9 Å². The third-order valence-electron chi connectivity index (χ3n) is 5.47. The number of nitrogens with one attached hydrogen (secondary N) is 1. The fourth-order valence-corrected chi connectivity index (χ4v) is 4.59. The highest BCUT2D eigenvalue weighted by Gasteiger charge is 2.30. The molecule has 0 aliphatic carbocycles. The van der Waals surface area contributed by atoms with Gasteiger partial charge in [-0.15, -0.1) is 0 Å². The number of amides is 2. The standard InChI is InChI=1S/C26H25FN4O4S/c1-3-23-24(18-9-12-21(35-16-27)22(14-18)34-2)30-31(26(33)36-23)15-17-7-10-19(11-8-17)29-25(32)20-6-4-5-13-28-20/h4-14,23H,3,15-16H2,1-2H3,(H,29,32). The first kappa shape index (κ1) is 25.2. The van der Waals surface area contributed by atoms with Gasteiger partial charge in [0.1, 0.15) is 5.69 Å². The zero-order chi connectivity index (χ0) is 25.5. The second kappa shape index (κ2) is 11.7. The molecule has 1 aliphatic rings. The average Bonchev–Trinajstić information content (AvgIpc) is 2.91. The van der Waals surface area contributed by atoms with Crippen LogP contribution >= 0.6 is 11.8 Å². The highest BCUT2D eigenvalue weighted by Crippen LogP contribution is 2.34. The van der Waals surface area contributed by atoms with Crippen molar-refractivity contribution in [1.29, 1.82) is 0 Å². The highest BCUT2D eigenvalue weighted by molar-refractivity contribution is 8.14. The largest absolute Gasteiger partial charge is 0.493 e. The molecule has 0 saturated carbocycles. The van der Waals surface area contributed by atoms with Crippen molar-refractivity contribution in [3.05, 3.63) is 83.7 Å². The molecule has 1 aromatic heterocycles. The molecule has 2 heterocycles. The summed E-state index contributed by atoms with van der Waals surface area (Å²) in [6, 6.07) is 17.5. The molecule has 1 unspecified atom stereocenters. The van der Waals surface area contributed by atoms with Crippen molar-refractivity contribution in [3.63, 3.8) is 0 Å². The molecule has 0 bridgehead atoms. The number of benzene rings is 2. The van der Waals surface area contributed by atoms with E-state index in [1.165, 1.54) is 23.9 Å². The summed E-state index contributed by atoms with van der Waals surface area (Å²) in [6.07, 6.45) is 2.27. The number of nitrogens with zero attached hydrogens (tertiary/aromatic N) is 3. The summed E-state index contributed by atoms with van der Waals surface area (Å²) in [5, 5.41) is 8.62. The smallest absolute Gasteiger partial charge is 0.302 e. The summed E-state index contributed by atoms with van der Waals surface area (Å²) in [6.45, 7) is 1.30. The Balaban J connectivity index is 1.52. The molecule has 36 heavy (non-hydrogen) atoms. The third kappa shape index (κ3) is 5.83. The molecule has 3 aromatic rings. The van der Waals surface area contributed by atoms with Crippen LogP contribution in [0.2, 0.25) is 0 Å². The third-order valence-corrected chi connectivity index (χ3v) is 6.72. The van der Waals surface area contributed by atoms with Crippen molar-refractivity contribution in [1.82, 2.24) is 9.99 Å². The highest BCUT2D eigenvalue weighted by atomic mass is 32.2. The van der Waals surface area contributed by atoms with E-state index in [9.17, 15) is 14.0 Å². The van der Waals surface area contributed by atoms with Crippen LogP contribution in [0.5, 0.6) is 11.5 Å². The Bertz CT molecular complexity index is 1250. The SMILES string of the molecule is CCC1SC(=O)N(Cc2ccc(NC(=O)c3ccccn3)cc2)N=C1c1ccc(OCF)c(OC)c1. The van der Waals surface area contributed by atoms with Gasteiger partial charge >= 0.3 is 5.24 Å². The number of hydrazone groups is 1. The van der Waals surface area contributed by atoms with E-state index in [4.69, 9.17) is 9.47 Å². The molecule has 1 aliphatic heterocycles. The van der Waals surface area contributed by atoms with E-state index in [0.717, 1.165) is 16.8 Å². The van der Waals surface area contributed by atoms with E-state index >= 15 is 0 Å². The van der Waals surface area contributed by atoms with E-state index in [1.807, 2.05) is 19.1 Å². The van der Waals surface area contributed by atoms with Gasteiger partial charge in [0.15, 0.2) is 11.5 Å². The van der Waals surface area contributed by atoms with E-state index < -0.39 is 6.86 Å². The number of carbonyl (C=O) groups excluding carboxylic acids is 2. The molecule has 1 atom stereocenters. The molecular formula is C26H25FN4O4S. The Morgan fingerprint density at radius 3 is 2.61 bits per heavy atom. The van der Waals surface area contributed by atoms with Crippen LogP contribution in [0.3, 0.4) is 0 Å². The molecule has 0 spiro atoms. The van der Waals surface area contributed by atoms with Gasteiger partial charge in [0.2, 0.25) is 6.86 Å². The van der Waals surface area contributed by atoms with E-state index in [0.29, 0.717) is 29.3 Å². The summed E-state index contributed by atoms with van der Waals surface area (Å²) in [4.78, 5) is 29.2. The van der Waals surface area contributed by atoms with Gasteiger partial charge in [-0.3, -0.25) is 14.6 Å². The lowest BCUT2D eigenvalue weighted by atomic mass is 10.0. The maximum absolute atomic E-state index is 12.8. The molecule has 2 amide bonds. The monoisotopic (exact) mass is 508 g/mol. The minimum Gasteiger partial charge on any atom is -0.493 e. The lowest BCUT2D eigenvalue weighted by molar-refractivity contribution is 0.102. The average molecular weight is 509 g/mol. The normalized spacial score (nSPS) is 15.3. The summed E-state index contributed by atoms with van der Waals surface area (Å²) in [5.41, 5.74) is 3.29. The molecule has 0 fully saturated rings. The Hall–Kier alpha value is -3.92. The summed E-state index contributed by atoms with van der Waals surface area (Å²) in [7, 11) is 1.48. The summed E-state index contributed by atoms with van der Waals surface area (Å²) in [5.74, 6) is 0.382. The van der Waals surface area contributed by atoms with Crippen LogP contribution < -0.4 is 14.8 Å². The van der Waals surface area contributed by atoms with Gasteiger partial charge in [0, 0.05) is 17.4 Å². The van der Waals surface area contributed by atoms with Gasteiger partial charge in [-0.05, 0) is 54.4 Å². The number of pyridine rings is 1. The topological polar surface area (TPSA) is 93.1 Å². The minimum absolute atomic E-state index is 0.129. The van der Waals surface area contributed by atoms with Crippen LogP contribution in [0.15, 0.2) is 72.0 Å². The van der Waals surface area contributed by atoms with Crippen molar-refractivity contribution >= 4 is 34.3 Å². The van der Waals surface area contributed by atoms with E-state index in [2.05, 4.69) is 15.4 Å². The molecule has 186 valence electrons. The van der Waals surface area contributed by atoms with Crippen molar-refractivity contribution in [2.75, 3.05) is 19.3 Å².